The molecule has 2 aromatic rings. The number of pyridine rings is 1. The van der Waals surface area contributed by atoms with Gasteiger partial charge in [0.1, 0.15) is 5.75 Å². The molecule has 10 heteroatoms. The van der Waals surface area contributed by atoms with Crippen LogP contribution in [0.5, 0.6) is 5.75 Å². The quantitative estimate of drug-likeness (QED) is 0.539. The number of ether oxygens (including phenoxy) is 1. The van der Waals surface area contributed by atoms with Gasteiger partial charge in [-0.2, -0.15) is 13.2 Å². The van der Waals surface area contributed by atoms with Crippen LogP contribution in [0.1, 0.15) is 49.0 Å². The van der Waals surface area contributed by atoms with Crippen molar-refractivity contribution >= 4 is 11.8 Å². The molecular formula is C26H33F3N4O3. The molecule has 0 aliphatic heterocycles. The van der Waals surface area contributed by atoms with Gasteiger partial charge >= 0.3 is 6.18 Å². The van der Waals surface area contributed by atoms with Crippen LogP contribution in [-0.2, 0) is 11.0 Å². The fraction of sp³-hybridized carbons (Fsp3) is 0.500. The first-order valence-electron chi connectivity index (χ1n) is 12.0. The van der Waals surface area contributed by atoms with E-state index < -0.39 is 23.6 Å². The fourth-order valence-electron chi connectivity index (χ4n) is 4.40. The van der Waals surface area contributed by atoms with E-state index in [0.29, 0.717) is 24.4 Å². The maximum absolute atomic E-state index is 12.9. The molecule has 1 aliphatic rings. The molecule has 0 spiro atoms. The summed E-state index contributed by atoms with van der Waals surface area (Å²) in [5, 5.41) is 5.40. The molecule has 36 heavy (non-hydrogen) atoms. The molecule has 1 aromatic carbocycles. The minimum atomic E-state index is -4.55. The third kappa shape index (κ3) is 7.68. The molecule has 1 aliphatic carbocycles. The molecule has 1 aromatic heterocycles. The van der Waals surface area contributed by atoms with E-state index in [-0.39, 0.29) is 24.1 Å². The Hall–Kier alpha value is -3.14. The smallest absolute Gasteiger partial charge is 0.416 e. The summed E-state index contributed by atoms with van der Waals surface area (Å²) in [7, 11) is 2.09. The minimum Gasteiger partial charge on any atom is -0.492 e. The van der Waals surface area contributed by atoms with Crippen LogP contribution < -0.4 is 15.4 Å². The summed E-state index contributed by atoms with van der Waals surface area (Å²) in [4.78, 5) is 31.4. The lowest BCUT2D eigenvalue weighted by Crippen LogP contribution is -2.52. The monoisotopic (exact) mass is 506 g/mol. The summed E-state index contributed by atoms with van der Waals surface area (Å²) >= 11 is 0. The van der Waals surface area contributed by atoms with Crippen molar-refractivity contribution in [2.24, 2.45) is 5.92 Å². The molecule has 2 N–H and O–H groups in total. The lowest BCUT2D eigenvalue weighted by Gasteiger charge is -2.41. The topological polar surface area (TPSA) is 83.6 Å². The van der Waals surface area contributed by atoms with Gasteiger partial charge in [-0.15, -0.1) is 0 Å². The van der Waals surface area contributed by atoms with Gasteiger partial charge in [-0.05, 0) is 70.5 Å². The zero-order valence-corrected chi connectivity index (χ0v) is 20.7. The van der Waals surface area contributed by atoms with Gasteiger partial charge in [0, 0.05) is 35.8 Å². The van der Waals surface area contributed by atoms with Gasteiger partial charge in [0.15, 0.2) is 0 Å². The predicted molar refractivity (Wildman–Crippen MR) is 129 cm³/mol. The maximum atomic E-state index is 12.9. The first-order valence-corrected chi connectivity index (χ1v) is 12.0. The van der Waals surface area contributed by atoms with E-state index >= 15 is 0 Å². The summed E-state index contributed by atoms with van der Waals surface area (Å²) in [5.74, 6) is -0.458. The van der Waals surface area contributed by atoms with Crippen LogP contribution in [0.25, 0.3) is 0 Å². The van der Waals surface area contributed by atoms with E-state index in [2.05, 4.69) is 41.4 Å². The van der Waals surface area contributed by atoms with Crippen LogP contribution in [0.4, 0.5) is 13.2 Å². The number of halogens is 3. The second kappa shape index (κ2) is 12.2. The highest BCUT2D eigenvalue weighted by Gasteiger charge is 2.34. The molecule has 0 bridgehead atoms. The Morgan fingerprint density at radius 2 is 1.97 bits per heavy atom. The number of benzene rings is 1. The Bertz CT molecular complexity index is 1020. The highest BCUT2D eigenvalue weighted by atomic mass is 19.4. The summed E-state index contributed by atoms with van der Waals surface area (Å²) in [5.41, 5.74) is -1.07. The van der Waals surface area contributed by atoms with Gasteiger partial charge < -0.3 is 20.3 Å². The molecule has 0 radical (unpaired) electrons. The number of carbonyl (C=O) groups is 2. The third-order valence-corrected chi connectivity index (χ3v) is 6.65. The lowest BCUT2D eigenvalue weighted by atomic mass is 9.81. The first kappa shape index (κ1) is 27.4. The van der Waals surface area contributed by atoms with Crippen molar-refractivity contribution in [3.63, 3.8) is 0 Å². The van der Waals surface area contributed by atoms with E-state index in [1.807, 2.05) is 6.07 Å². The second-order valence-electron chi connectivity index (χ2n) is 9.42. The highest BCUT2D eigenvalue weighted by Crippen LogP contribution is 2.30. The Kier molecular flexibility index (Phi) is 9.31. The average Bonchev–Trinajstić information content (AvgIpc) is 2.86. The van der Waals surface area contributed by atoms with Crippen molar-refractivity contribution in [3.8, 4) is 5.75 Å². The molecule has 1 heterocycles. The van der Waals surface area contributed by atoms with Gasteiger partial charge in [0.25, 0.3) is 5.91 Å². The molecular weight excluding hydrogens is 473 g/mol. The van der Waals surface area contributed by atoms with Crippen LogP contribution in [0.2, 0.25) is 0 Å². The van der Waals surface area contributed by atoms with Crippen molar-refractivity contribution in [1.29, 1.82) is 0 Å². The van der Waals surface area contributed by atoms with Crippen LogP contribution in [-0.4, -0.2) is 60.0 Å². The molecule has 2 amide bonds. The number of hydrogen-bond acceptors (Lipinski definition) is 5. The standard InChI is InChI=1S/C26H33F3N4O3/c1-17(2)33(3)21-9-10-23(19(13-21)16-36-22-8-5-11-30-14-22)32-24(34)15-31-25(35)18-6-4-7-20(12-18)26(27,28)29/h4-8,11-12,14,17,19,21,23H,9-10,13,15-16H2,1-3H3,(H,31,35)(H,32,34)/t19-,21-,23+/m1/s1. The highest BCUT2D eigenvalue weighted by molar-refractivity contribution is 5.96. The van der Waals surface area contributed by atoms with E-state index in [1.165, 1.54) is 6.07 Å². The van der Waals surface area contributed by atoms with Crippen LogP contribution in [0, 0.1) is 5.92 Å². The number of nitrogens with zero attached hydrogens (tertiary/aromatic N) is 2. The number of hydrogen-bond donors (Lipinski definition) is 2. The van der Waals surface area contributed by atoms with Crippen LogP contribution in [0.15, 0.2) is 48.8 Å². The third-order valence-electron chi connectivity index (χ3n) is 6.65. The van der Waals surface area contributed by atoms with Crippen molar-refractivity contribution in [2.75, 3.05) is 20.2 Å². The normalized spacial score (nSPS) is 20.3. The van der Waals surface area contributed by atoms with Gasteiger partial charge in [0.05, 0.1) is 24.9 Å². The summed E-state index contributed by atoms with van der Waals surface area (Å²) in [6, 6.07) is 8.29. The largest absolute Gasteiger partial charge is 0.492 e. The van der Waals surface area contributed by atoms with Gasteiger partial charge in [-0.1, -0.05) is 6.07 Å². The molecule has 0 saturated heterocycles. The number of rotatable bonds is 9. The van der Waals surface area contributed by atoms with Crippen LogP contribution >= 0.6 is 0 Å². The van der Waals surface area contributed by atoms with Crippen molar-refractivity contribution in [3.05, 3.63) is 59.9 Å². The van der Waals surface area contributed by atoms with E-state index in [1.54, 1.807) is 18.5 Å². The molecule has 0 unspecified atom stereocenters. The summed E-state index contributed by atoms with van der Waals surface area (Å²) in [6.45, 7) is 4.34. The van der Waals surface area contributed by atoms with E-state index in [9.17, 15) is 22.8 Å². The molecule has 1 saturated carbocycles. The van der Waals surface area contributed by atoms with E-state index in [0.717, 1.165) is 37.5 Å². The Morgan fingerprint density at radius 1 is 1.19 bits per heavy atom. The number of nitrogens with one attached hydrogen (secondary N) is 2. The van der Waals surface area contributed by atoms with E-state index in [4.69, 9.17) is 4.74 Å². The average molecular weight is 507 g/mol. The number of alkyl halides is 3. The molecule has 3 atom stereocenters. The Labute approximate surface area is 209 Å². The Balaban J connectivity index is 1.59. The molecule has 1 fully saturated rings. The molecule has 3 rings (SSSR count). The number of carbonyl (C=O) groups excluding carboxylic acids is 2. The zero-order chi connectivity index (χ0) is 26.3. The summed E-state index contributed by atoms with van der Waals surface area (Å²) in [6.07, 6.45) is 1.23. The van der Waals surface area contributed by atoms with Crippen LogP contribution in [0.3, 0.4) is 0 Å². The van der Waals surface area contributed by atoms with Gasteiger partial charge in [-0.25, -0.2) is 0 Å². The lowest BCUT2D eigenvalue weighted by molar-refractivity contribution is -0.137. The molecule has 7 nitrogen and oxygen atoms in total. The maximum Gasteiger partial charge on any atom is 0.416 e. The van der Waals surface area contributed by atoms with Crippen molar-refractivity contribution < 1.29 is 27.5 Å². The van der Waals surface area contributed by atoms with Gasteiger partial charge in [-0.3, -0.25) is 14.6 Å². The first-order chi connectivity index (χ1) is 17.0. The van der Waals surface area contributed by atoms with Gasteiger partial charge in [0.2, 0.25) is 5.91 Å². The van der Waals surface area contributed by atoms with Crippen molar-refractivity contribution in [2.45, 2.75) is 57.4 Å². The minimum absolute atomic E-state index is 0.0354. The predicted octanol–water partition coefficient (Wildman–Crippen LogP) is 3.90. The summed E-state index contributed by atoms with van der Waals surface area (Å²) < 4.78 is 44.7. The molecule has 196 valence electrons. The Morgan fingerprint density at radius 3 is 2.64 bits per heavy atom. The fourth-order valence-corrected chi connectivity index (χ4v) is 4.40. The zero-order valence-electron chi connectivity index (χ0n) is 20.7. The number of aromatic nitrogens is 1. The SMILES string of the molecule is CC(C)N(C)[C@@H]1CC[C@H](NC(=O)CNC(=O)c2cccc(C(F)(F)F)c2)[C@@H](COc2cccnc2)C1. The second-order valence-corrected chi connectivity index (χ2v) is 9.42. The number of amides is 2. The van der Waals surface area contributed by atoms with Crippen molar-refractivity contribution in [1.82, 2.24) is 20.5 Å².